The Bertz CT molecular complexity index is 641. The molecule has 2 heterocycles. The number of nitrogens with two attached hydrogens (primary N) is 1. The highest BCUT2D eigenvalue weighted by atomic mass is 32.1. The van der Waals surface area contributed by atoms with Crippen molar-refractivity contribution >= 4 is 22.3 Å². The number of aromatic nitrogens is 1. The van der Waals surface area contributed by atoms with Gasteiger partial charge in [0.15, 0.2) is 0 Å². The van der Waals surface area contributed by atoms with Gasteiger partial charge in [-0.2, -0.15) is 0 Å². The highest BCUT2D eigenvalue weighted by Crippen LogP contribution is 2.27. The van der Waals surface area contributed by atoms with E-state index in [9.17, 15) is 0 Å². The molecule has 0 fully saturated rings. The zero-order valence-corrected chi connectivity index (χ0v) is 10.0. The van der Waals surface area contributed by atoms with Gasteiger partial charge in [0.1, 0.15) is 10.6 Å². The first-order valence-electron chi connectivity index (χ1n) is 5.49. The van der Waals surface area contributed by atoms with E-state index in [-0.39, 0.29) is 0 Å². The lowest BCUT2D eigenvalue weighted by molar-refractivity contribution is 0.616. The fourth-order valence-electron chi connectivity index (χ4n) is 1.80. The summed E-state index contributed by atoms with van der Waals surface area (Å²) in [5, 5.41) is 4.22. The van der Waals surface area contributed by atoms with E-state index in [1.165, 1.54) is 0 Å². The van der Waals surface area contributed by atoms with E-state index in [0.29, 0.717) is 6.54 Å². The summed E-state index contributed by atoms with van der Waals surface area (Å²) in [4.78, 5) is 4.57. The largest absolute Gasteiger partial charge is 0.464 e. The van der Waals surface area contributed by atoms with Crippen molar-refractivity contribution < 1.29 is 4.42 Å². The van der Waals surface area contributed by atoms with Crippen LogP contribution in [-0.2, 0) is 6.42 Å². The average Bonchev–Trinajstić information content (AvgIpc) is 2.96. The fraction of sp³-hybridized carbons (Fsp3) is 0.154. The fourth-order valence-corrected chi connectivity index (χ4v) is 2.65. The van der Waals surface area contributed by atoms with E-state index in [4.69, 9.17) is 10.2 Å². The zero-order valence-electron chi connectivity index (χ0n) is 9.22. The first-order chi connectivity index (χ1) is 8.36. The summed E-state index contributed by atoms with van der Waals surface area (Å²) < 4.78 is 5.32. The van der Waals surface area contributed by atoms with Gasteiger partial charge in [-0.25, -0.2) is 4.98 Å². The standard InChI is InChI=1S/C13H12N2OS/c14-5-3-11-8-17-13(15-11)10-1-2-12-9(7-10)4-6-16-12/h1-2,4,6-8H,3,5,14H2. The lowest BCUT2D eigenvalue weighted by Crippen LogP contribution is -2.02. The summed E-state index contributed by atoms with van der Waals surface area (Å²) in [6.45, 7) is 0.643. The minimum atomic E-state index is 0.643. The molecule has 3 rings (SSSR count). The van der Waals surface area contributed by atoms with Gasteiger partial charge in [0.2, 0.25) is 0 Å². The molecule has 0 radical (unpaired) electrons. The van der Waals surface area contributed by atoms with Crippen molar-refractivity contribution in [3.05, 3.63) is 41.6 Å². The molecule has 3 nitrogen and oxygen atoms in total. The lowest BCUT2D eigenvalue weighted by Gasteiger charge is -1.96. The van der Waals surface area contributed by atoms with Gasteiger partial charge >= 0.3 is 0 Å². The summed E-state index contributed by atoms with van der Waals surface area (Å²) in [6, 6.07) is 8.09. The summed E-state index contributed by atoms with van der Waals surface area (Å²) in [7, 11) is 0. The van der Waals surface area contributed by atoms with Crippen molar-refractivity contribution in [2.75, 3.05) is 6.54 Å². The SMILES string of the molecule is NCCc1csc(-c2ccc3occc3c2)n1. The highest BCUT2D eigenvalue weighted by molar-refractivity contribution is 7.13. The Morgan fingerprint density at radius 2 is 2.24 bits per heavy atom. The van der Waals surface area contributed by atoms with Crippen molar-refractivity contribution in [2.24, 2.45) is 5.73 Å². The summed E-state index contributed by atoms with van der Waals surface area (Å²) >= 11 is 1.66. The van der Waals surface area contributed by atoms with Gasteiger partial charge in [-0.15, -0.1) is 11.3 Å². The molecule has 17 heavy (non-hydrogen) atoms. The van der Waals surface area contributed by atoms with Gasteiger partial charge in [-0.3, -0.25) is 0 Å². The normalized spacial score (nSPS) is 11.1. The Hall–Kier alpha value is -1.65. The Morgan fingerprint density at radius 3 is 3.12 bits per heavy atom. The van der Waals surface area contributed by atoms with Crippen molar-refractivity contribution in [3.63, 3.8) is 0 Å². The predicted molar refractivity (Wildman–Crippen MR) is 70.1 cm³/mol. The third-order valence-corrected chi connectivity index (χ3v) is 3.59. The molecule has 0 bridgehead atoms. The maximum atomic E-state index is 5.52. The molecule has 2 aromatic heterocycles. The number of fused-ring (bicyclic) bond motifs is 1. The molecule has 4 heteroatoms. The number of hydrogen-bond donors (Lipinski definition) is 1. The monoisotopic (exact) mass is 244 g/mol. The van der Waals surface area contributed by atoms with Gasteiger partial charge < -0.3 is 10.2 Å². The topological polar surface area (TPSA) is 52.0 Å². The molecule has 0 aliphatic carbocycles. The van der Waals surface area contributed by atoms with Gasteiger partial charge in [-0.1, -0.05) is 0 Å². The van der Waals surface area contributed by atoms with Crippen LogP contribution in [0.2, 0.25) is 0 Å². The molecule has 1 aromatic carbocycles. The van der Waals surface area contributed by atoms with Gasteiger partial charge in [-0.05, 0) is 30.8 Å². The zero-order chi connectivity index (χ0) is 11.7. The molecule has 0 unspecified atom stereocenters. The number of nitrogens with zero attached hydrogens (tertiary/aromatic N) is 1. The van der Waals surface area contributed by atoms with Crippen molar-refractivity contribution in [1.82, 2.24) is 4.98 Å². The number of hydrogen-bond acceptors (Lipinski definition) is 4. The number of benzene rings is 1. The molecule has 0 spiro atoms. The van der Waals surface area contributed by atoms with Crippen molar-refractivity contribution in [2.45, 2.75) is 6.42 Å². The first kappa shape index (κ1) is 10.5. The molecular formula is C13H12N2OS. The van der Waals surface area contributed by atoms with Crippen LogP contribution in [0.15, 0.2) is 40.3 Å². The molecule has 0 amide bonds. The van der Waals surface area contributed by atoms with E-state index in [2.05, 4.69) is 16.4 Å². The molecule has 0 aliphatic heterocycles. The summed E-state index contributed by atoms with van der Waals surface area (Å²) in [5.41, 5.74) is 8.63. The Balaban J connectivity index is 2.00. The second-order valence-electron chi connectivity index (χ2n) is 3.86. The average molecular weight is 244 g/mol. The van der Waals surface area contributed by atoms with Crippen LogP contribution < -0.4 is 5.73 Å². The maximum Gasteiger partial charge on any atom is 0.133 e. The van der Waals surface area contributed by atoms with Crippen LogP contribution in [0.1, 0.15) is 5.69 Å². The Labute approximate surface area is 103 Å². The van der Waals surface area contributed by atoms with Crippen molar-refractivity contribution in [1.29, 1.82) is 0 Å². The highest BCUT2D eigenvalue weighted by Gasteiger charge is 2.06. The Morgan fingerprint density at radius 1 is 1.29 bits per heavy atom. The first-order valence-corrected chi connectivity index (χ1v) is 6.37. The Kier molecular flexibility index (Phi) is 2.66. The molecular weight excluding hydrogens is 232 g/mol. The quantitative estimate of drug-likeness (QED) is 0.770. The predicted octanol–water partition coefficient (Wildman–Crippen LogP) is 3.06. The van der Waals surface area contributed by atoms with Crippen LogP contribution >= 0.6 is 11.3 Å². The molecule has 3 aromatic rings. The number of thiazole rings is 1. The summed E-state index contributed by atoms with van der Waals surface area (Å²) in [6.07, 6.45) is 2.54. The molecule has 2 N–H and O–H groups in total. The maximum absolute atomic E-state index is 5.52. The van der Waals surface area contributed by atoms with E-state index in [1.54, 1.807) is 17.6 Å². The van der Waals surface area contributed by atoms with Crippen molar-refractivity contribution in [3.8, 4) is 10.6 Å². The second-order valence-corrected chi connectivity index (χ2v) is 4.71. The molecule has 0 aliphatic rings. The van der Waals surface area contributed by atoms with Crippen LogP contribution in [0, 0.1) is 0 Å². The van der Waals surface area contributed by atoms with Crippen LogP contribution in [0.4, 0.5) is 0 Å². The second kappa shape index (κ2) is 4.31. The van der Waals surface area contributed by atoms with Crippen LogP contribution in [0.25, 0.3) is 21.5 Å². The van der Waals surface area contributed by atoms with E-state index < -0.39 is 0 Å². The lowest BCUT2D eigenvalue weighted by atomic mass is 10.2. The van der Waals surface area contributed by atoms with Crippen LogP contribution in [-0.4, -0.2) is 11.5 Å². The van der Waals surface area contributed by atoms with E-state index >= 15 is 0 Å². The minimum Gasteiger partial charge on any atom is -0.464 e. The van der Waals surface area contributed by atoms with Gasteiger partial charge in [0.25, 0.3) is 0 Å². The van der Waals surface area contributed by atoms with E-state index in [1.807, 2.05) is 18.2 Å². The molecule has 0 saturated heterocycles. The van der Waals surface area contributed by atoms with Gasteiger partial charge in [0, 0.05) is 22.8 Å². The minimum absolute atomic E-state index is 0.643. The van der Waals surface area contributed by atoms with E-state index in [0.717, 1.165) is 33.7 Å². The number of furan rings is 1. The number of rotatable bonds is 3. The third kappa shape index (κ3) is 1.97. The molecule has 0 atom stereocenters. The third-order valence-electron chi connectivity index (χ3n) is 2.65. The van der Waals surface area contributed by atoms with Crippen LogP contribution in [0.5, 0.6) is 0 Å². The smallest absolute Gasteiger partial charge is 0.133 e. The van der Waals surface area contributed by atoms with Crippen LogP contribution in [0.3, 0.4) is 0 Å². The molecule has 0 saturated carbocycles. The molecule has 86 valence electrons. The van der Waals surface area contributed by atoms with Gasteiger partial charge in [0.05, 0.1) is 12.0 Å². The summed E-state index contributed by atoms with van der Waals surface area (Å²) in [5.74, 6) is 0.